The average molecular weight is 366 g/mol. The summed E-state index contributed by atoms with van der Waals surface area (Å²) in [6, 6.07) is 25.1. The fourth-order valence-corrected chi connectivity index (χ4v) is 3.57. The maximum Gasteiger partial charge on any atom is 0.343 e. The molecule has 0 fully saturated rings. The number of aromatic nitrogens is 2. The van der Waals surface area contributed by atoms with Crippen molar-refractivity contribution in [2.24, 2.45) is 0 Å². The number of carbonyl (C=O) groups excluding carboxylic acids is 1. The monoisotopic (exact) mass is 366 g/mol. The van der Waals surface area contributed by atoms with Crippen molar-refractivity contribution in [2.45, 2.75) is 6.54 Å². The van der Waals surface area contributed by atoms with Crippen molar-refractivity contribution in [3.05, 3.63) is 102 Å². The summed E-state index contributed by atoms with van der Waals surface area (Å²) >= 11 is 0. The lowest BCUT2D eigenvalue weighted by molar-refractivity contribution is 0.0735. The van der Waals surface area contributed by atoms with E-state index in [2.05, 4.69) is 40.1 Å². The first-order chi connectivity index (χ1) is 13.8. The molecule has 4 heteroatoms. The molecule has 2 aromatic heterocycles. The molecule has 0 saturated heterocycles. The minimum atomic E-state index is -0.349. The molecule has 28 heavy (non-hydrogen) atoms. The molecule has 1 N–H and O–H groups in total. The third kappa shape index (κ3) is 2.95. The minimum Gasteiger partial charge on any atom is -0.423 e. The number of benzene rings is 3. The van der Waals surface area contributed by atoms with Gasteiger partial charge in [0.05, 0.1) is 5.56 Å². The molecule has 0 amide bonds. The Balaban J connectivity index is 1.41. The second kappa shape index (κ2) is 6.74. The number of aromatic amines is 1. The largest absolute Gasteiger partial charge is 0.423 e. The lowest BCUT2D eigenvalue weighted by Gasteiger charge is -2.07. The molecular formula is C24H18N2O2. The molecule has 0 aliphatic heterocycles. The first-order valence-corrected chi connectivity index (χ1v) is 9.19. The van der Waals surface area contributed by atoms with Crippen LogP contribution in [0.2, 0.25) is 0 Å². The van der Waals surface area contributed by atoms with Gasteiger partial charge in [-0.2, -0.15) is 0 Å². The molecule has 0 aliphatic carbocycles. The Kier molecular flexibility index (Phi) is 3.95. The Labute approximate surface area is 162 Å². The highest BCUT2D eigenvalue weighted by Gasteiger charge is 2.10. The van der Waals surface area contributed by atoms with Crippen molar-refractivity contribution in [1.29, 1.82) is 0 Å². The van der Waals surface area contributed by atoms with E-state index in [1.807, 2.05) is 48.5 Å². The summed E-state index contributed by atoms with van der Waals surface area (Å²) in [7, 11) is 0. The molecule has 0 saturated carbocycles. The molecule has 5 aromatic rings. The lowest BCUT2D eigenvalue weighted by atomic mass is 10.2. The van der Waals surface area contributed by atoms with E-state index in [1.165, 1.54) is 10.9 Å². The van der Waals surface area contributed by atoms with Crippen molar-refractivity contribution < 1.29 is 9.53 Å². The summed E-state index contributed by atoms with van der Waals surface area (Å²) in [5, 5.41) is 2.27. The smallest absolute Gasteiger partial charge is 0.343 e. The molecule has 0 bridgehead atoms. The van der Waals surface area contributed by atoms with Gasteiger partial charge < -0.3 is 14.3 Å². The zero-order valence-electron chi connectivity index (χ0n) is 15.1. The van der Waals surface area contributed by atoms with E-state index in [9.17, 15) is 4.79 Å². The van der Waals surface area contributed by atoms with Crippen LogP contribution in [-0.2, 0) is 6.54 Å². The number of nitrogens with one attached hydrogen (secondary N) is 1. The average Bonchev–Trinajstić information content (AvgIpc) is 3.33. The van der Waals surface area contributed by atoms with Gasteiger partial charge in [0.2, 0.25) is 0 Å². The van der Waals surface area contributed by atoms with Gasteiger partial charge in [-0.25, -0.2) is 4.79 Å². The summed E-state index contributed by atoms with van der Waals surface area (Å²) in [5.74, 6) is 0.198. The maximum absolute atomic E-state index is 12.3. The zero-order chi connectivity index (χ0) is 18.9. The van der Waals surface area contributed by atoms with Crippen LogP contribution >= 0.6 is 0 Å². The second-order valence-corrected chi connectivity index (χ2v) is 6.78. The van der Waals surface area contributed by atoms with Crippen LogP contribution in [0.15, 0.2) is 91.3 Å². The molecule has 4 nitrogen and oxygen atoms in total. The van der Waals surface area contributed by atoms with Crippen LogP contribution in [0, 0.1) is 0 Å². The number of nitrogens with zero attached hydrogens (tertiary/aromatic N) is 1. The highest BCUT2D eigenvalue weighted by Crippen LogP contribution is 2.25. The number of esters is 1. The molecule has 0 unspecified atom stereocenters. The number of carbonyl (C=O) groups is 1. The van der Waals surface area contributed by atoms with E-state index in [1.54, 1.807) is 12.1 Å². The van der Waals surface area contributed by atoms with Crippen LogP contribution in [-0.4, -0.2) is 15.5 Å². The SMILES string of the molecule is O=C(Oc1ccc2c(ccn2Cc2c[nH]c3ccccc23)c1)c1ccccc1. The Morgan fingerprint density at radius 3 is 2.64 bits per heavy atom. The summed E-state index contributed by atoms with van der Waals surface area (Å²) < 4.78 is 7.73. The Morgan fingerprint density at radius 2 is 1.75 bits per heavy atom. The number of rotatable bonds is 4. The quantitative estimate of drug-likeness (QED) is 0.342. The van der Waals surface area contributed by atoms with Gasteiger partial charge in [0, 0.05) is 40.7 Å². The first-order valence-electron chi connectivity index (χ1n) is 9.19. The molecular weight excluding hydrogens is 348 g/mol. The van der Waals surface area contributed by atoms with Gasteiger partial charge in [0.15, 0.2) is 0 Å². The third-order valence-electron chi connectivity index (χ3n) is 4.98. The van der Waals surface area contributed by atoms with Gasteiger partial charge >= 0.3 is 5.97 Å². The molecule has 3 aromatic carbocycles. The molecule has 0 aliphatic rings. The van der Waals surface area contributed by atoms with Crippen molar-refractivity contribution >= 4 is 27.8 Å². The summed E-state index contributed by atoms with van der Waals surface area (Å²) in [6.45, 7) is 0.774. The van der Waals surface area contributed by atoms with Crippen LogP contribution in [0.1, 0.15) is 15.9 Å². The Bertz CT molecular complexity index is 1280. The molecule has 2 heterocycles. The minimum absolute atomic E-state index is 0.349. The van der Waals surface area contributed by atoms with Gasteiger partial charge in [-0.1, -0.05) is 36.4 Å². The van der Waals surface area contributed by atoms with E-state index in [0.29, 0.717) is 11.3 Å². The maximum atomic E-state index is 12.3. The second-order valence-electron chi connectivity index (χ2n) is 6.78. The number of ether oxygens (including phenoxy) is 1. The van der Waals surface area contributed by atoms with Gasteiger partial charge in [-0.15, -0.1) is 0 Å². The van der Waals surface area contributed by atoms with Crippen LogP contribution in [0.4, 0.5) is 0 Å². The van der Waals surface area contributed by atoms with Crippen molar-refractivity contribution in [1.82, 2.24) is 9.55 Å². The molecule has 0 atom stereocenters. The summed E-state index contributed by atoms with van der Waals surface area (Å²) in [5.41, 5.74) is 4.03. The van der Waals surface area contributed by atoms with Gasteiger partial charge in [0.1, 0.15) is 5.75 Å². The number of H-pyrrole nitrogens is 1. The van der Waals surface area contributed by atoms with Crippen molar-refractivity contribution in [3.8, 4) is 5.75 Å². The van der Waals surface area contributed by atoms with E-state index in [4.69, 9.17) is 4.74 Å². The zero-order valence-corrected chi connectivity index (χ0v) is 15.1. The van der Waals surface area contributed by atoms with Crippen molar-refractivity contribution in [3.63, 3.8) is 0 Å². The van der Waals surface area contributed by atoms with E-state index >= 15 is 0 Å². The van der Waals surface area contributed by atoms with Crippen LogP contribution < -0.4 is 4.74 Å². The van der Waals surface area contributed by atoms with Gasteiger partial charge in [0.25, 0.3) is 0 Å². The highest BCUT2D eigenvalue weighted by atomic mass is 16.5. The first kappa shape index (κ1) is 16.4. The third-order valence-corrected chi connectivity index (χ3v) is 4.98. The van der Waals surface area contributed by atoms with Crippen LogP contribution in [0.3, 0.4) is 0 Å². The number of hydrogen-bond acceptors (Lipinski definition) is 2. The molecule has 0 radical (unpaired) electrons. The van der Waals surface area contributed by atoms with E-state index in [-0.39, 0.29) is 5.97 Å². The molecule has 0 spiro atoms. The standard InChI is InChI=1S/C24H18N2O2/c27-24(17-6-2-1-3-7-17)28-20-10-11-23-18(14-20)12-13-26(23)16-19-15-25-22-9-5-4-8-21(19)22/h1-15,25H,16H2. The number of hydrogen-bond donors (Lipinski definition) is 1. The Morgan fingerprint density at radius 1 is 0.929 bits per heavy atom. The number of fused-ring (bicyclic) bond motifs is 2. The van der Waals surface area contributed by atoms with E-state index in [0.717, 1.165) is 23.0 Å². The molecule has 5 rings (SSSR count). The Hall–Kier alpha value is -3.79. The molecule has 136 valence electrons. The lowest BCUT2D eigenvalue weighted by Crippen LogP contribution is -2.08. The normalized spacial score (nSPS) is 11.1. The fraction of sp³-hybridized carbons (Fsp3) is 0.0417. The predicted molar refractivity (Wildman–Crippen MR) is 111 cm³/mol. The topological polar surface area (TPSA) is 47.0 Å². The number of para-hydroxylation sites is 1. The van der Waals surface area contributed by atoms with Gasteiger partial charge in [-0.05, 0) is 48.0 Å². The predicted octanol–water partition coefficient (Wildman–Crippen LogP) is 5.39. The van der Waals surface area contributed by atoms with Crippen molar-refractivity contribution in [2.75, 3.05) is 0 Å². The van der Waals surface area contributed by atoms with Crippen LogP contribution in [0.5, 0.6) is 5.75 Å². The van der Waals surface area contributed by atoms with E-state index < -0.39 is 0 Å². The highest BCUT2D eigenvalue weighted by molar-refractivity contribution is 5.92. The summed E-state index contributed by atoms with van der Waals surface area (Å²) in [4.78, 5) is 15.6. The summed E-state index contributed by atoms with van der Waals surface area (Å²) in [6.07, 6.45) is 4.13. The fourth-order valence-electron chi connectivity index (χ4n) is 3.57. The van der Waals surface area contributed by atoms with Gasteiger partial charge in [-0.3, -0.25) is 0 Å². The van der Waals surface area contributed by atoms with Crippen LogP contribution in [0.25, 0.3) is 21.8 Å².